The van der Waals surface area contributed by atoms with Gasteiger partial charge in [-0.15, -0.1) is 0 Å². The number of benzene rings is 1. The third-order valence-corrected chi connectivity index (χ3v) is 3.87. The quantitative estimate of drug-likeness (QED) is 0.712. The molecule has 7 nitrogen and oxygen atoms in total. The van der Waals surface area contributed by atoms with Gasteiger partial charge in [-0.25, -0.2) is 24.1 Å². The first-order valence-electron chi connectivity index (χ1n) is 6.01. The largest absolute Gasteiger partial charge is 0.478 e. The van der Waals surface area contributed by atoms with Crippen molar-refractivity contribution in [3.63, 3.8) is 0 Å². The molecule has 0 saturated heterocycles. The van der Waals surface area contributed by atoms with E-state index >= 15 is 0 Å². The molecule has 0 aliphatic heterocycles. The predicted molar refractivity (Wildman–Crippen MR) is 75.9 cm³/mol. The second kappa shape index (κ2) is 5.06. The highest BCUT2D eigenvalue weighted by molar-refractivity contribution is 7.99. The molecule has 1 aromatic carbocycles. The van der Waals surface area contributed by atoms with Crippen LogP contribution in [-0.4, -0.2) is 30.7 Å². The van der Waals surface area contributed by atoms with E-state index in [9.17, 15) is 14.7 Å². The fraction of sp³-hybridized carbons (Fsp3) is 0.0769. The van der Waals surface area contributed by atoms with Crippen molar-refractivity contribution in [2.75, 3.05) is 0 Å². The molecule has 0 fully saturated rings. The molecule has 0 saturated carbocycles. The minimum atomic E-state index is -0.994. The number of carboxylic acids is 1. The Morgan fingerprint density at radius 2 is 2.14 bits per heavy atom. The number of nitrogens with one attached hydrogen (secondary N) is 1. The Labute approximate surface area is 122 Å². The Bertz CT molecular complexity index is 900. The molecule has 2 heterocycles. The fourth-order valence-corrected chi connectivity index (χ4v) is 2.95. The Balaban J connectivity index is 2.07. The summed E-state index contributed by atoms with van der Waals surface area (Å²) in [6.45, 7) is 1.69. The van der Waals surface area contributed by atoms with Gasteiger partial charge in [-0.2, -0.15) is 5.10 Å². The van der Waals surface area contributed by atoms with Gasteiger partial charge in [-0.05, 0) is 19.1 Å². The van der Waals surface area contributed by atoms with Gasteiger partial charge in [0.2, 0.25) is 0 Å². The van der Waals surface area contributed by atoms with Crippen LogP contribution in [-0.2, 0) is 0 Å². The van der Waals surface area contributed by atoms with Crippen LogP contribution in [0.25, 0.3) is 5.65 Å². The molecule has 0 bridgehead atoms. The van der Waals surface area contributed by atoms with Crippen LogP contribution in [0.15, 0.2) is 45.0 Å². The van der Waals surface area contributed by atoms with Crippen LogP contribution < -0.4 is 5.69 Å². The van der Waals surface area contributed by atoms with Crippen LogP contribution >= 0.6 is 11.8 Å². The number of rotatable bonds is 3. The molecule has 2 N–H and O–H groups in total. The van der Waals surface area contributed by atoms with Crippen molar-refractivity contribution < 1.29 is 9.90 Å². The lowest BCUT2D eigenvalue weighted by Crippen LogP contribution is -2.13. The van der Waals surface area contributed by atoms with Crippen molar-refractivity contribution >= 4 is 23.4 Å². The smallest absolute Gasteiger partial charge is 0.349 e. The third-order valence-electron chi connectivity index (χ3n) is 2.88. The highest BCUT2D eigenvalue weighted by Crippen LogP contribution is 2.29. The first-order valence-corrected chi connectivity index (χ1v) is 6.83. The molecule has 8 heteroatoms. The van der Waals surface area contributed by atoms with Crippen molar-refractivity contribution in [2.45, 2.75) is 16.8 Å². The molecule has 2 aromatic heterocycles. The maximum atomic E-state index is 11.5. The summed E-state index contributed by atoms with van der Waals surface area (Å²) in [5.74, 6) is -0.506. The van der Waals surface area contributed by atoms with Gasteiger partial charge in [0.05, 0.1) is 5.56 Å². The van der Waals surface area contributed by atoms with Crippen LogP contribution in [0.2, 0.25) is 0 Å². The van der Waals surface area contributed by atoms with Gasteiger partial charge in [0, 0.05) is 11.0 Å². The number of H-pyrrole nitrogens is 1. The number of hydrogen-bond donors (Lipinski definition) is 2. The average molecular weight is 302 g/mol. The molecule has 0 atom stereocenters. The normalized spacial score (nSPS) is 10.9. The van der Waals surface area contributed by atoms with Crippen molar-refractivity contribution in [3.8, 4) is 0 Å². The number of aryl methyl sites for hydroxylation is 1. The summed E-state index contributed by atoms with van der Waals surface area (Å²) in [6.07, 6.45) is 0. The Hall–Kier alpha value is -2.61. The molecule has 0 aliphatic rings. The summed E-state index contributed by atoms with van der Waals surface area (Å²) >= 11 is 1.22. The minimum absolute atomic E-state index is 0.209. The number of carboxylic acid groups (broad SMARTS) is 1. The van der Waals surface area contributed by atoms with Gasteiger partial charge in [0.25, 0.3) is 0 Å². The van der Waals surface area contributed by atoms with Crippen molar-refractivity contribution in [1.29, 1.82) is 0 Å². The molecule has 0 unspecified atom stereocenters. The molecule has 0 aliphatic carbocycles. The van der Waals surface area contributed by atoms with Crippen molar-refractivity contribution in [2.24, 2.45) is 0 Å². The number of hydrogen-bond acceptors (Lipinski definition) is 5. The van der Waals surface area contributed by atoms with Crippen LogP contribution in [0.1, 0.15) is 16.2 Å². The van der Waals surface area contributed by atoms with E-state index in [4.69, 9.17) is 0 Å². The summed E-state index contributed by atoms with van der Waals surface area (Å²) in [6, 6.07) is 8.32. The summed E-state index contributed by atoms with van der Waals surface area (Å²) < 4.78 is 1.35. The van der Waals surface area contributed by atoms with Gasteiger partial charge >= 0.3 is 11.7 Å². The van der Waals surface area contributed by atoms with Crippen molar-refractivity contribution in [3.05, 3.63) is 52.2 Å². The Morgan fingerprint density at radius 3 is 2.90 bits per heavy atom. The standard InChI is InChI=1S/C13H10N4O3S/c1-7-14-11(6-10-15-16-13(20)17(7)10)21-9-5-3-2-4-8(9)12(18)19/h2-6H,1H3,(H,16,20)(H,18,19). The predicted octanol–water partition coefficient (Wildman–Crippen LogP) is 1.58. The van der Waals surface area contributed by atoms with Gasteiger partial charge in [-0.3, -0.25) is 0 Å². The molecule has 106 valence electrons. The number of fused-ring (bicyclic) bond motifs is 1. The van der Waals surface area contributed by atoms with E-state index in [0.717, 1.165) is 0 Å². The zero-order chi connectivity index (χ0) is 15.0. The van der Waals surface area contributed by atoms with Crippen LogP contribution in [0, 0.1) is 6.92 Å². The Morgan fingerprint density at radius 1 is 1.38 bits per heavy atom. The topological polar surface area (TPSA) is 100 Å². The second-order valence-corrected chi connectivity index (χ2v) is 5.33. The molecule has 0 spiro atoms. The third kappa shape index (κ3) is 2.40. The van der Waals surface area contributed by atoms with Gasteiger partial charge in [0.1, 0.15) is 10.9 Å². The van der Waals surface area contributed by atoms with E-state index in [-0.39, 0.29) is 11.3 Å². The van der Waals surface area contributed by atoms with E-state index < -0.39 is 5.97 Å². The second-order valence-electron chi connectivity index (χ2n) is 4.27. The zero-order valence-electron chi connectivity index (χ0n) is 10.9. The number of carbonyl (C=O) groups is 1. The zero-order valence-corrected chi connectivity index (χ0v) is 11.7. The van der Waals surface area contributed by atoms with Gasteiger partial charge in [-0.1, -0.05) is 23.9 Å². The van der Waals surface area contributed by atoms with Gasteiger partial charge in [0.15, 0.2) is 5.65 Å². The van der Waals surface area contributed by atoms with E-state index in [1.54, 1.807) is 31.2 Å². The van der Waals surface area contributed by atoms with E-state index in [1.165, 1.54) is 22.2 Å². The lowest BCUT2D eigenvalue weighted by atomic mass is 10.2. The maximum absolute atomic E-state index is 11.5. The summed E-state index contributed by atoms with van der Waals surface area (Å²) in [4.78, 5) is 27.6. The SMILES string of the molecule is Cc1nc(Sc2ccccc2C(=O)O)cc2n[nH]c(=O)n12. The molecular weight excluding hydrogens is 292 g/mol. The fourth-order valence-electron chi connectivity index (χ4n) is 1.97. The average Bonchev–Trinajstić information content (AvgIpc) is 2.81. The maximum Gasteiger partial charge on any atom is 0.349 e. The summed E-state index contributed by atoms with van der Waals surface area (Å²) in [5, 5.41) is 16.0. The highest BCUT2D eigenvalue weighted by atomic mass is 32.2. The van der Waals surface area contributed by atoms with Gasteiger partial charge < -0.3 is 5.11 Å². The molecule has 0 radical (unpaired) electrons. The summed E-state index contributed by atoms with van der Waals surface area (Å²) in [7, 11) is 0. The van der Waals surface area contributed by atoms with Crippen molar-refractivity contribution in [1.82, 2.24) is 19.6 Å². The first kappa shape index (κ1) is 13.4. The number of aromatic carboxylic acids is 1. The lowest BCUT2D eigenvalue weighted by Gasteiger charge is -2.06. The van der Waals surface area contributed by atoms with Crippen LogP contribution in [0.4, 0.5) is 0 Å². The number of aromatic nitrogens is 4. The van der Waals surface area contributed by atoms with Crippen LogP contribution in [0.3, 0.4) is 0 Å². The van der Waals surface area contributed by atoms with E-state index in [2.05, 4.69) is 15.2 Å². The van der Waals surface area contributed by atoms with E-state index in [1.807, 2.05) is 0 Å². The monoisotopic (exact) mass is 302 g/mol. The summed E-state index contributed by atoms with van der Waals surface area (Å²) in [5.41, 5.74) is 0.307. The van der Waals surface area contributed by atoms with E-state index in [0.29, 0.717) is 21.4 Å². The van der Waals surface area contributed by atoms with Crippen LogP contribution in [0.5, 0.6) is 0 Å². The Kier molecular flexibility index (Phi) is 3.22. The lowest BCUT2D eigenvalue weighted by molar-refractivity contribution is 0.0693. The molecule has 21 heavy (non-hydrogen) atoms. The first-order chi connectivity index (χ1) is 10.1. The number of nitrogens with zero attached hydrogens (tertiary/aromatic N) is 3. The molecule has 0 amide bonds. The molecule has 3 aromatic rings. The number of aromatic amines is 1. The molecule has 3 rings (SSSR count). The molecular formula is C13H10N4O3S. The highest BCUT2D eigenvalue weighted by Gasteiger charge is 2.13. The minimum Gasteiger partial charge on any atom is -0.478 e.